The SMILES string of the molecule is COC(=O)P(=O)(O)Oc1c(C)cccc1C. The van der Waals surface area contributed by atoms with E-state index in [1.165, 1.54) is 0 Å². The second kappa shape index (κ2) is 4.68. The third kappa shape index (κ3) is 2.62. The van der Waals surface area contributed by atoms with Crippen LogP contribution in [0.2, 0.25) is 0 Å². The number of carbonyl (C=O) groups is 1. The van der Waals surface area contributed by atoms with Gasteiger partial charge < -0.3 is 14.2 Å². The monoisotopic (exact) mass is 244 g/mol. The number of rotatable bonds is 3. The molecule has 0 aliphatic rings. The van der Waals surface area contributed by atoms with E-state index in [2.05, 4.69) is 4.74 Å². The molecular weight excluding hydrogens is 231 g/mol. The number of aryl methyl sites for hydroxylation is 2. The zero-order chi connectivity index (χ0) is 12.3. The highest BCUT2D eigenvalue weighted by atomic mass is 31.2. The van der Waals surface area contributed by atoms with Gasteiger partial charge in [0.25, 0.3) is 0 Å². The first kappa shape index (κ1) is 12.7. The maximum Gasteiger partial charge on any atom is 0.485 e. The van der Waals surface area contributed by atoms with Crippen molar-refractivity contribution in [2.45, 2.75) is 13.8 Å². The van der Waals surface area contributed by atoms with E-state index < -0.39 is 13.3 Å². The molecule has 0 amide bonds. The Morgan fingerprint density at radius 1 is 1.31 bits per heavy atom. The number of methoxy groups -OCH3 is 1. The second-order valence-electron chi connectivity index (χ2n) is 3.30. The second-order valence-corrected chi connectivity index (χ2v) is 4.89. The molecule has 1 aromatic rings. The Labute approximate surface area is 93.5 Å². The zero-order valence-electron chi connectivity index (χ0n) is 9.26. The molecule has 1 N–H and O–H groups in total. The van der Waals surface area contributed by atoms with Crippen molar-refractivity contribution < 1.29 is 23.5 Å². The van der Waals surface area contributed by atoms with Crippen LogP contribution in [-0.2, 0) is 9.30 Å². The molecule has 6 heteroatoms. The maximum atomic E-state index is 11.5. The standard InChI is InChI=1S/C10H13O5P/c1-7-5-4-6-8(2)9(7)15-16(12,13)10(11)14-3/h4-6H,1-3H3,(H,12,13). The molecule has 0 fully saturated rings. The first-order valence-electron chi connectivity index (χ1n) is 4.55. The molecule has 0 spiro atoms. The largest absolute Gasteiger partial charge is 0.485 e. The summed E-state index contributed by atoms with van der Waals surface area (Å²) >= 11 is 0. The van der Waals surface area contributed by atoms with E-state index in [1.54, 1.807) is 32.0 Å². The summed E-state index contributed by atoms with van der Waals surface area (Å²) in [5.41, 5.74) is 0.0894. The lowest BCUT2D eigenvalue weighted by Crippen LogP contribution is -2.06. The Hall–Kier alpha value is -1.32. The van der Waals surface area contributed by atoms with Crippen molar-refractivity contribution in [2.24, 2.45) is 0 Å². The van der Waals surface area contributed by atoms with Crippen LogP contribution < -0.4 is 4.52 Å². The van der Waals surface area contributed by atoms with Gasteiger partial charge in [-0.1, -0.05) is 18.2 Å². The average molecular weight is 244 g/mol. The van der Waals surface area contributed by atoms with Gasteiger partial charge in [-0.05, 0) is 25.0 Å². The predicted molar refractivity (Wildman–Crippen MR) is 58.8 cm³/mol. The van der Waals surface area contributed by atoms with Crippen LogP contribution in [0.15, 0.2) is 18.2 Å². The van der Waals surface area contributed by atoms with Gasteiger partial charge >= 0.3 is 13.3 Å². The molecule has 0 heterocycles. The van der Waals surface area contributed by atoms with Gasteiger partial charge in [0.2, 0.25) is 0 Å². The molecule has 5 nitrogen and oxygen atoms in total. The van der Waals surface area contributed by atoms with Crippen LogP contribution >= 0.6 is 7.60 Å². The minimum atomic E-state index is -4.42. The van der Waals surface area contributed by atoms with Crippen molar-refractivity contribution in [1.29, 1.82) is 0 Å². The molecule has 0 aliphatic heterocycles. The minimum Gasteiger partial charge on any atom is -0.459 e. The fraction of sp³-hybridized carbons (Fsp3) is 0.300. The van der Waals surface area contributed by atoms with Gasteiger partial charge in [-0.3, -0.25) is 0 Å². The van der Waals surface area contributed by atoms with Gasteiger partial charge in [0.15, 0.2) is 0 Å². The van der Waals surface area contributed by atoms with Crippen molar-refractivity contribution in [2.75, 3.05) is 7.11 Å². The molecule has 0 aromatic heterocycles. The first-order valence-corrected chi connectivity index (χ1v) is 6.13. The van der Waals surface area contributed by atoms with Gasteiger partial charge in [0.05, 0.1) is 7.11 Å². The Kier molecular flexibility index (Phi) is 3.73. The van der Waals surface area contributed by atoms with Gasteiger partial charge in [-0.15, -0.1) is 0 Å². The van der Waals surface area contributed by atoms with Crippen LogP contribution in [0.5, 0.6) is 5.75 Å². The van der Waals surface area contributed by atoms with Crippen LogP contribution in [0.25, 0.3) is 0 Å². The van der Waals surface area contributed by atoms with Crippen molar-refractivity contribution in [1.82, 2.24) is 0 Å². The third-order valence-corrected chi connectivity index (χ3v) is 3.10. The lowest BCUT2D eigenvalue weighted by Gasteiger charge is -2.14. The molecule has 0 saturated carbocycles. The third-order valence-electron chi connectivity index (χ3n) is 2.03. The summed E-state index contributed by atoms with van der Waals surface area (Å²) in [6.45, 7) is 3.44. The fourth-order valence-corrected chi connectivity index (χ4v) is 2.06. The van der Waals surface area contributed by atoms with Gasteiger partial charge in [-0.2, -0.15) is 0 Å². The molecule has 0 radical (unpaired) electrons. The fourth-order valence-electron chi connectivity index (χ4n) is 1.22. The van der Waals surface area contributed by atoms with E-state index in [1.807, 2.05) is 0 Å². The van der Waals surface area contributed by atoms with E-state index in [0.717, 1.165) is 7.11 Å². The van der Waals surface area contributed by atoms with Crippen LogP contribution in [0, 0.1) is 13.8 Å². The summed E-state index contributed by atoms with van der Waals surface area (Å²) in [4.78, 5) is 20.3. The Morgan fingerprint density at radius 3 is 2.25 bits per heavy atom. The zero-order valence-corrected chi connectivity index (χ0v) is 10.2. The highest BCUT2D eigenvalue weighted by Crippen LogP contribution is 2.46. The molecule has 1 atom stereocenters. The average Bonchev–Trinajstić information content (AvgIpc) is 2.22. The molecule has 1 rings (SSSR count). The molecule has 1 aromatic carbocycles. The summed E-state index contributed by atoms with van der Waals surface area (Å²) in [5, 5.41) is 0. The lowest BCUT2D eigenvalue weighted by molar-refractivity contribution is 0.187. The topological polar surface area (TPSA) is 72.8 Å². The smallest absolute Gasteiger partial charge is 0.459 e. The van der Waals surface area contributed by atoms with Crippen molar-refractivity contribution in [3.8, 4) is 5.75 Å². The summed E-state index contributed by atoms with van der Waals surface area (Å²) < 4.78 is 20.5. The van der Waals surface area contributed by atoms with Crippen molar-refractivity contribution in [3.63, 3.8) is 0 Å². The summed E-state index contributed by atoms with van der Waals surface area (Å²) in [5.74, 6) is 0.235. The van der Waals surface area contributed by atoms with Crippen LogP contribution in [-0.4, -0.2) is 17.7 Å². The number of ether oxygens (including phenoxy) is 1. The molecule has 1 unspecified atom stereocenters. The number of hydrogen-bond acceptors (Lipinski definition) is 4. The molecule has 0 aliphatic carbocycles. The molecule has 0 saturated heterocycles. The molecular formula is C10H13O5P. The van der Waals surface area contributed by atoms with Gasteiger partial charge in [0, 0.05) is 0 Å². The van der Waals surface area contributed by atoms with E-state index >= 15 is 0 Å². The van der Waals surface area contributed by atoms with E-state index in [4.69, 9.17) is 4.52 Å². The van der Waals surface area contributed by atoms with E-state index in [9.17, 15) is 14.3 Å². The number of carbonyl (C=O) groups excluding carboxylic acids is 1. The number of benzene rings is 1. The van der Waals surface area contributed by atoms with Crippen LogP contribution in [0.3, 0.4) is 0 Å². The highest BCUT2D eigenvalue weighted by Gasteiger charge is 2.34. The summed E-state index contributed by atoms with van der Waals surface area (Å²) in [6, 6.07) is 5.23. The molecule has 16 heavy (non-hydrogen) atoms. The minimum absolute atomic E-state index is 0.235. The summed E-state index contributed by atoms with van der Waals surface area (Å²) in [6.07, 6.45) is 0. The van der Waals surface area contributed by atoms with Crippen LogP contribution in [0.1, 0.15) is 11.1 Å². The number of hydrogen-bond donors (Lipinski definition) is 1. The van der Waals surface area contributed by atoms with Crippen molar-refractivity contribution >= 4 is 13.3 Å². The Bertz CT molecular complexity index is 434. The van der Waals surface area contributed by atoms with Gasteiger partial charge in [-0.25, -0.2) is 9.36 Å². The first-order chi connectivity index (χ1) is 7.38. The highest BCUT2D eigenvalue weighted by molar-refractivity contribution is 7.70. The number of para-hydroxylation sites is 1. The van der Waals surface area contributed by atoms with Crippen LogP contribution in [0.4, 0.5) is 4.79 Å². The lowest BCUT2D eigenvalue weighted by atomic mass is 10.1. The summed E-state index contributed by atoms with van der Waals surface area (Å²) in [7, 11) is -3.39. The quantitative estimate of drug-likeness (QED) is 0.827. The maximum absolute atomic E-state index is 11.5. The Morgan fingerprint density at radius 2 is 1.81 bits per heavy atom. The molecule has 88 valence electrons. The normalized spacial score (nSPS) is 14.0. The van der Waals surface area contributed by atoms with E-state index in [-0.39, 0.29) is 5.75 Å². The van der Waals surface area contributed by atoms with Gasteiger partial charge in [0.1, 0.15) is 5.75 Å². The predicted octanol–water partition coefficient (Wildman–Crippen LogP) is 2.63. The van der Waals surface area contributed by atoms with Crippen molar-refractivity contribution in [3.05, 3.63) is 29.3 Å². The van der Waals surface area contributed by atoms with E-state index in [0.29, 0.717) is 11.1 Å². The molecule has 0 bridgehead atoms. The Balaban J connectivity index is 3.06.